The fourth-order valence-electron chi connectivity index (χ4n) is 2.54. The number of ether oxygens (including phenoxy) is 1. The number of hydrogen-bond donors (Lipinski definition) is 2. The van der Waals surface area contributed by atoms with Crippen molar-refractivity contribution in [3.05, 3.63) is 87.4 Å². The first-order valence-corrected chi connectivity index (χ1v) is 9.94. The van der Waals surface area contributed by atoms with Gasteiger partial charge in [-0.25, -0.2) is 0 Å². The van der Waals surface area contributed by atoms with Gasteiger partial charge in [-0.1, -0.05) is 41.9 Å². The summed E-state index contributed by atoms with van der Waals surface area (Å²) in [6, 6.07) is 21.0. The Morgan fingerprint density at radius 2 is 1.82 bits per heavy atom. The van der Waals surface area contributed by atoms with E-state index in [-0.39, 0.29) is 12.5 Å². The zero-order chi connectivity index (χ0) is 19.9. The van der Waals surface area contributed by atoms with E-state index >= 15 is 0 Å². The van der Waals surface area contributed by atoms with Crippen LogP contribution in [0.15, 0.2) is 71.2 Å². The van der Waals surface area contributed by atoms with Crippen molar-refractivity contribution in [2.75, 3.05) is 17.2 Å². The van der Waals surface area contributed by atoms with E-state index in [1.807, 2.05) is 73.7 Å². The number of nitrogens with one attached hydrogen (secondary N) is 2. The van der Waals surface area contributed by atoms with E-state index in [0.29, 0.717) is 12.3 Å². The summed E-state index contributed by atoms with van der Waals surface area (Å²) in [4.78, 5) is 12.0. The monoisotopic (exact) mass is 458 g/mol. The number of carbonyl (C=O) groups is 1. The van der Waals surface area contributed by atoms with Crippen LogP contribution < -0.4 is 15.4 Å². The zero-order valence-corrected chi connectivity index (χ0v) is 17.7. The fourth-order valence-corrected chi connectivity index (χ4v) is 3.26. The Morgan fingerprint density at radius 1 is 1.04 bits per heavy atom. The number of benzene rings is 3. The van der Waals surface area contributed by atoms with Crippen LogP contribution in [0.25, 0.3) is 0 Å². The van der Waals surface area contributed by atoms with Gasteiger partial charge in [0, 0.05) is 22.9 Å². The van der Waals surface area contributed by atoms with E-state index < -0.39 is 0 Å². The van der Waals surface area contributed by atoms with Crippen molar-refractivity contribution in [3.63, 3.8) is 0 Å². The number of aryl methyl sites for hydroxylation is 1. The van der Waals surface area contributed by atoms with Crippen LogP contribution >= 0.6 is 27.5 Å². The number of amides is 1. The Balaban J connectivity index is 1.53. The van der Waals surface area contributed by atoms with Gasteiger partial charge in [-0.2, -0.15) is 0 Å². The molecule has 0 heterocycles. The van der Waals surface area contributed by atoms with Gasteiger partial charge in [-0.15, -0.1) is 0 Å². The van der Waals surface area contributed by atoms with Gasteiger partial charge < -0.3 is 15.4 Å². The van der Waals surface area contributed by atoms with Crippen molar-refractivity contribution in [3.8, 4) is 5.75 Å². The minimum Gasteiger partial charge on any atom is -0.483 e. The van der Waals surface area contributed by atoms with E-state index in [4.69, 9.17) is 16.3 Å². The van der Waals surface area contributed by atoms with Crippen molar-refractivity contribution in [1.29, 1.82) is 0 Å². The molecule has 0 aliphatic carbocycles. The Labute approximate surface area is 178 Å². The normalized spacial score (nSPS) is 10.4. The molecule has 0 saturated heterocycles. The van der Waals surface area contributed by atoms with Crippen LogP contribution in [-0.2, 0) is 11.3 Å². The largest absolute Gasteiger partial charge is 0.483 e. The summed E-state index contributed by atoms with van der Waals surface area (Å²) in [6.45, 7) is 2.56. The maximum atomic E-state index is 12.0. The fraction of sp³-hybridized carbons (Fsp3) is 0.136. The lowest BCUT2D eigenvalue weighted by Crippen LogP contribution is -2.20. The van der Waals surface area contributed by atoms with Gasteiger partial charge >= 0.3 is 0 Å². The smallest absolute Gasteiger partial charge is 0.262 e. The van der Waals surface area contributed by atoms with E-state index in [1.54, 1.807) is 0 Å². The maximum absolute atomic E-state index is 12.0. The van der Waals surface area contributed by atoms with E-state index in [0.717, 1.165) is 32.0 Å². The second-order valence-electron chi connectivity index (χ2n) is 6.29. The molecule has 0 aromatic heterocycles. The molecule has 28 heavy (non-hydrogen) atoms. The second kappa shape index (κ2) is 9.62. The van der Waals surface area contributed by atoms with Crippen LogP contribution in [0.5, 0.6) is 5.75 Å². The Kier molecular flexibility index (Phi) is 6.95. The lowest BCUT2D eigenvalue weighted by molar-refractivity contribution is -0.118. The third-order valence-electron chi connectivity index (χ3n) is 4.08. The lowest BCUT2D eigenvalue weighted by atomic mass is 10.2. The van der Waals surface area contributed by atoms with Crippen molar-refractivity contribution in [1.82, 2.24) is 0 Å². The molecule has 0 radical (unpaired) electrons. The highest BCUT2D eigenvalue weighted by Gasteiger charge is 2.07. The molecule has 4 nitrogen and oxygen atoms in total. The molecule has 144 valence electrons. The van der Waals surface area contributed by atoms with E-state index in [2.05, 4.69) is 26.6 Å². The highest BCUT2D eigenvalue weighted by atomic mass is 79.9. The van der Waals surface area contributed by atoms with Crippen LogP contribution in [0, 0.1) is 6.92 Å². The molecule has 0 aliphatic rings. The number of anilines is 2. The molecule has 3 rings (SSSR count). The lowest BCUT2D eigenvalue weighted by Gasteiger charge is -2.12. The third-order valence-corrected chi connectivity index (χ3v) is 5.11. The molecular formula is C22H20BrClN2O2. The molecule has 3 aromatic rings. The quantitative estimate of drug-likeness (QED) is 0.453. The molecule has 0 spiro atoms. The van der Waals surface area contributed by atoms with Crippen LogP contribution in [-0.4, -0.2) is 12.5 Å². The molecule has 2 N–H and O–H groups in total. The topological polar surface area (TPSA) is 50.4 Å². The minimum absolute atomic E-state index is 0.0625. The van der Waals surface area contributed by atoms with Gasteiger partial charge in [-0.05, 0) is 70.4 Å². The summed E-state index contributed by atoms with van der Waals surface area (Å²) < 4.78 is 6.41. The second-order valence-corrected chi connectivity index (χ2v) is 7.55. The molecule has 0 aliphatic heterocycles. The number of hydrogen-bond acceptors (Lipinski definition) is 3. The molecular weight excluding hydrogens is 440 g/mol. The molecule has 0 fully saturated rings. The highest BCUT2D eigenvalue weighted by molar-refractivity contribution is 9.10. The molecule has 0 unspecified atom stereocenters. The summed E-state index contributed by atoms with van der Waals surface area (Å²) in [7, 11) is 0. The minimum atomic E-state index is -0.208. The molecule has 0 saturated carbocycles. The Bertz CT molecular complexity index is 964. The Morgan fingerprint density at radius 3 is 2.54 bits per heavy atom. The standard InChI is InChI=1S/C22H20BrClN2O2/c1-15-7-9-18(12-20(15)24)25-13-16-8-10-21(19(23)11-16)28-14-22(27)26-17-5-3-2-4-6-17/h2-12,25H,13-14H2,1H3,(H,26,27). The number of carbonyl (C=O) groups excluding carboxylic acids is 1. The van der Waals surface area contributed by atoms with Crippen LogP contribution in [0.3, 0.4) is 0 Å². The SMILES string of the molecule is Cc1ccc(NCc2ccc(OCC(=O)Nc3ccccc3)c(Br)c2)cc1Cl. The van der Waals surface area contributed by atoms with Crippen molar-refractivity contribution < 1.29 is 9.53 Å². The van der Waals surface area contributed by atoms with Gasteiger partial charge in [0.2, 0.25) is 0 Å². The average Bonchev–Trinajstić information content (AvgIpc) is 2.69. The number of rotatable bonds is 7. The summed E-state index contributed by atoms with van der Waals surface area (Å²) in [5.74, 6) is 0.408. The van der Waals surface area contributed by atoms with Gasteiger partial charge in [0.15, 0.2) is 6.61 Å². The summed E-state index contributed by atoms with van der Waals surface area (Å²) >= 11 is 9.66. The summed E-state index contributed by atoms with van der Waals surface area (Å²) in [6.07, 6.45) is 0. The van der Waals surface area contributed by atoms with Gasteiger partial charge in [0.25, 0.3) is 5.91 Å². The first-order chi connectivity index (χ1) is 13.5. The van der Waals surface area contributed by atoms with Crippen LogP contribution in [0.4, 0.5) is 11.4 Å². The first kappa shape index (κ1) is 20.2. The van der Waals surface area contributed by atoms with Crippen molar-refractivity contribution in [2.45, 2.75) is 13.5 Å². The molecule has 0 atom stereocenters. The average molecular weight is 460 g/mol. The first-order valence-electron chi connectivity index (χ1n) is 8.77. The van der Waals surface area contributed by atoms with Crippen molar-refractivity contribution in [2.24, 2.45) is 0 Å². The predicted molar refractivity (Wildman–Crippen MR) is 118 cm³/mol. The molecule has 0 bridgehead atoms. The number of para-hydroxylation sites is 1. The third kappa shape index (κ3) is 5.75. The van der Waals surface area contributed by atoms with Gasteiger partial charge in [0.05, 0.1) is 4.47 Å². The van der Waals surface area contributed by atoms with Crippen LogP contribution in [0.2, 0.25) is 5.02 Å². The van der Waals surface area contributed by atoms with Gasteiger partial charge in [-0.3, -0.25) is 4.79 Å². The molecule has 3 aromatic carbocycles. The van der Waals surface area contributed by atoms with E-state index in [1.165, 1.54) is 0 Å². The molecule has 1 amide bonds. The number of halogens is 2. The van der Waals surface area contributed by atoms with E-state index in [9.17, 15) is 4.79 Å². The summed E-state index contributed by atoms with van der Waals surface area (Å²) in [5.41, 5.74) is 3.83. The Hall–Kier alpha value is -2.50. The highest BCUT2D eigenvalue weighted by Crippen LogP contribution is 2.27. The molecule has 6 heteroatoms. The zero-order valence-electron chi connectivity index (χ0n) is 15.3. The van der Waals surface area contributed by atoms with Crippen molar-refractivity contribution >= 4 is 44.8 Å². The van der Waals surface area contributed by atoms with Gasteiger partial charge in [0.1, 0.15) is 5.75 Å². The summed E-state index contributed by atoms with van der Waals surface area (Å²) in [5, 5.41) is 6.87. The maximum Gasteiger partial charge on any atom is 0.262 e. The van der Waals surface area contributed by atoms with Crippen LogP contribution in [0.1, 0.15) is 11.1 Å². The predicted octanol–water partition coefficient (Wildman–Crippen LogP) is 6.04.